The largest absolute Gasteiger partial charge is 0.399 e. The lowest BCUT2D eigenvalue weighted by Gasteiger charge is -2.09. The summed E-state index contributed by atoms with van der Waals surface area (Å²) in [6.07, 6.45) is 1.86. The van der Waals surface area contributed by atoms with Gasteiger partial charge in [-0.2, -0.15) is 0 Å². The Morgan fingerprint density at radius 3 is 2.93 bits per heavy atom. The van der Waals surface area contributed by atoms with Gasteiger partial charge in [0.15, 0.2) is 0 Å². The molecule has 74 valence electrons. The molecule has 0 spiro atoms. The smallest absolute Gasteiger partial charge is 0.121 e. The molecule has 1 heterocycles. The summed E-state index contributed by atoms with van der Waals surface area (Å²) in [4.78, 5) is 6.98. The predicted octanol–water partition coefficient (Wildman–Crippen LogP) is 1.46. The second-order valence-electron chi connectivity index (χ2n) is 3.49. The average Bonchev–Trinajstić information content (AvgIpc) is 2.47. The fourth-order valence-corrected chi connectivity index (χ4v) is 1.30. The summed E-state index contributed by atoms with van der Waals surface area (Å²) in [5.41, 5.74) is 7.30. The number of hydrogen-bond donors (Lipinski definition) is 1. The van der Waals surface area contributed by atoms with Crippen LogP contribution in [0.4, 0.5) is 5.69 Å². The Morgan fingerprint density at radius 1 is 1.43 bits per heavy atom. The summed E-state index contributed by atoms with van der Waals surface area (Å²) < 4.78 is 0. The van der Waals surface area contributed by atoms with Crippen LogP contribution in [0.5, 0.6) is 0 Å². The number of nitrogens with zero attached hydrogens (tertiary/aromatic N) is 2. The molecule has 0 aliphatic rings. The van der Waals surface area contributed by atoms with E-state index in [2.05, 4.69) is 5.10 Å². The van der Waals surface area contributed by atoms with Gasteiger partial charge < -0.3 is 10.6 Å². The fraction of sp³-hybridized carbons (Fsp3) is 0.300. The maximum Gasteiger partial charge on any atom is 0.121 e. The minimum Gasteiger partial charge on any atom is -0.399 e. The molecule has 0 saturated carbocycles. The molecular weight excluding hydrogens is 178 g/mol. The number of rotatable bonds is 2. The van der Waals surface area contributed by atoms with E-state index in [0.29, 0.717) is 5.69 Å². The zero-order valence-electron chi connectivity index (χ0n) is 8.27. The van der Waals surface area contributed by atoms with Crippen LogP contribution in [0.3, 0.4) is 0 Å². The van der Waals surface area contributed by atoms with Crippen molar-refractivity contribution in [3.05, 3.63) is 24.4 Å². The van der Waals surface area contributed by atoms with E-state index in [4.69, 9.17) is 10.6 Å². The molecule has 14 heavy (non-hydrogen) atoms. The number of anilines is 1. The first-order valence-corrected chi connectivity index (χ1v) is 4.57. The van der Waals surface area contributed by atoms with Crippen LogP contribution in [0, 0.1) is 0 Å². The molecule has 0 radical (unpaired) electrons. The molecule has 0 aliphatic heterocycles. The van der Waals surface area contributed by atoms with Gasteiger partial charge in [-0.05, 0) is 32.0 Å². The Balaban J connectivity index is 2.50. The van der Waals surface area contributed by atoms with Crippen molar-refractivity contribution in [2.75, 3.05) is 5.73 Å². The van der Waals surface area contributed by atoms with Crippen molar-refractivity contribution in [1.82, 2.24) is 9.94 Å². The summed E-state index contributed by atoms with van der Waals surface area (Å²) in [5.74, 6) is 0. The SMILES string of the molecule is CC(C)On1ncc2ccc(N)cc21. The number of aromatic nitrogens is 2. The maximum atomic E-state index is 5.69. The molecule has 2 aromatic rings. The second kappa shape index (κ2) is 3.21. The van der Waals surface area contributed by atoms with E-state index in [0.717, 1.165) is 10.9 Å². The Labute approximate surface area is 82.2 Å². The molecule has 4 heteroatoms. The Hall–Kier alpha value is -1.71. The van der Waals surface area contributed by atoms with Crippen molar-refractivity contribution in [3.63, 3.8) is 0 Å². The van der Waals surface area contributed by atoms with Gasteiger partial charge in [0.1, 0.15) is 11.6 Å². The van der Waals surface area contributed by atoms with Crippen molar-refractivity contribution in [3.8, 4) is 0 Å². The number of hydrogen-bond acceptors (Lipinski definition) is 3. The molecule has 2 N–H and O–H groups in total. The highest BCUT2D eigenvalue weighted by molar-refractivity contribution is 5.81. The van der Waals surface area contributed by atoms with E-state index < -0.39 is 0 Å². The number of benzene rings is 1. The van der Waals surface area contributed by atoms with Crippen LogP contribution in [0.1, 0.15) is 13.8 Å². The van der Waals surface area contributed by atoms with Gasteiger partial charge in [0, 0.05) is 11.1 Å². The molecule has 4 nitrogen and oxygen atoms in total. The lowest BCUT2D eigenvalue weighted by molar-refractivity contribution is 0.0445. The van der Waals surface area contributed by atoms with Crippen molar-refractivity contribution in [2.24, 2.45) is 0 Å². The predicted molar refractivity (Wildman–Crippen MR) is 55.9 cm³/mol. The monoisotopic (exact) mass is 191 g/mol. The van der Waals surface area contributed by atoms with Crippen LogP contribution in [-0.2, 0) is 0 Å². The van der Waals surface area contributed by atoms with Gasteiger partial charge >= 0.3 is 0 Å². The first-order chi connectivity index (χ1) is 6.66. The molecule has 0 atom stereocenters. The van der Waals surface area contributed by atoms with Crippen LogP contribution in [0.15, 0.2) is 24.4 Å². The van der Waals surface area contributed by atoms with Crippen LogP contribution in [-0.4, -0.2) is 16.0 Å². The van der Waals surface area contributed by atoms with Crippen molar-refractivity contribution < 1.29 is 4.84 Å². The molecule has 0 fully saturated rings. The third-order valence-corrected chi connectivity index (χ3v) is 1.87. The molecule has 0 bridgehead atoms. The first kappa shape index (κ1) is 8.87. The fourth-order valence-electron chi connectivity index (χ4n) is 1.30. The molecule has 0 aliphatic carbocycles. The third kappa shape index (κ3) is 1.51. The highest BCUT2D eigenvalue weighted by Gasteiger charge is 2.04. The zero-order valence-corrected chi connectivity index (χ0v) is 8.27. The topological polar surface area (TPSA) is 53.1 Å². The quantitative estimate of drug-likeness (QED) is 0.731. The molecule has 0 unspecified atom stereocenters. The maximum absolute atomic E-state index is 5.69. The van der Waals surface area contributed by atoms with Gasteiger partial charge in [0.2, 0.25) is 0 Å². The highest BCUT2D eigenvalue weighted by atomic mass is 16.7. The summed E-state index contributed by atoms with van der Waals surface area (Å²) >= 11 is 0. The third-order valence-electron chi connectivity index (χ3n) is 1.87. The van der Waals surface area contributed by atoms with E-state index in [1.54, 1.807) is 6.20 Å². The zero-order chi connectivity index (χ0) is 10.1. The van der Waals surface area contributed by atoms with Crippen molar-refractivity contribution in [1.29, 1.82) is 0 Å². The van der Waals surface area contributed by atoms with Crippen molar-refractivity contribution >= 4 is 16.6 Å². The van der Waals surface area contributed by atoms with Crippen LogP contribution in [0.25, 0.3) is 10.9 Å². The second-order valence-corrected chi connectivity index (χ2v) is 3.49. The normalized spacial score (nSPS) is 11.1. The van der Waals surface area contributed by atoms with Gasteiger partial charge in [-0.3, -0.25) is 0 Å². The van der Waals surface area contributed by atoms with Gasteiger partial charge in [0.25, 0.3) is 0 Å². The molecule has 1 aromatic carbocycles. The molecule has 0 saturated heterocycles. The number of nitrogen functional groups attached to an aromatic ring is 1. The molecule has 0 amide bonds. The standard InChI is InChI=1S/C10H13N3O/c1-7(2)14-13-10-5-9(11)4-3-8(10)6-12-13/h3-7H,11H2,1-2H3. The van der Waals surface area contributed by atoms with Crippen LogP contribution < -0.4 is 10.6 Å². The molecule has 1 aromatic heterocycles. The van der Waals surface area contributed by atoms with E-state index in [1.165, 1.54) is 4.85 Å². The Kier molecular flexibility index (Phi) is 2.04. The van der Waals surface area contributed by atoms with Gasteiger partial charge in [-0.1, -0.05) is 4.85 Å². The lowest BCUT2D eigenvalue weighted by Crippen LogP contribution is -2.19. The summed E-state index contributed by atoms with van der Waals surface area (Å²) in [6.45, 7) is 3.92. The summed E-state index contributed by atoms with van der Waals surface area (Å²) in [6, 6.07) is 5.63. The summed E-state index contributed by atoms with van der Waals surface area (Å²) in [7, 11) is 0. The highest BCUT2D eigenvalue weighted by Crippen LogP contribution is 2.16. The van der Waals surface area contributed by atoms with E-state index in [9.17, 15) is 0 Å². The van der Waals surface area contributed by atoms with Gasteiger partial charge in [0.05, 0.1) is 6.20 Å². The van der Waals surface area contributed by atoms with Gasteiger partial charge in [-0.15, -0.1) is 5.10 Å². The van der Waals surface area contributed by atoms with Crippen molar-refractivity contribution in [2.45, 2.75) is 20.0 Å². The van der Waals surface area contributed by atoms with Crippen LogP contribution >= 0.6 is 0 Å². The number of fused-ring (bicyclic) bond motifs is 1. The van der Waals surface area contributed by atoms with E-state index in [-0.39, 0.29) is 6.10 Å². The van der Waals surface area contributed by atoms with E-state index in [1.807, 2.05) is 32.0 Å². The Bertz CT molecular complexity index is 448. The number of nitrogens with two attached hydrogens (primary N) is 1. The lowest BCUT2D eigenvalue weighted by atomic mass is 10.2. The minimum absolute atomic E-state index is 0.0968. The Morgan fingerprint density at radius 2 is 2.21 bits per heavy atom. The molecular formula is C10H13N3O. The summed E-state index contributed by atoms with van der Waals surface area (Å²) in [5, 5.41) is 5.14. The average molecular weight is 191 g/mol. The minimum atomic E-state index is 0.0968. The first-order valence-electron chi connectivity index (χ1n) is 4.57. The van der Waals surface area contributed by atoms with Crippen LogP contribution in [0.2, 0.25) is 0 Å². The molecule has 2 rings (SSSR count). The van der Waals surface area contributed by atoms with Gasteiger partial charge in [-0.25, -0.2) is 0 Å². The van der Waals surface area contributed by atoms with E-state index >= 15 is 0 Å².